The lowest BCUT2D eigenvalue weighted by atomic mass is 10.2. The normalized spacial score (nSPS) is 10.2. The number of nitrogens with zero attached hydrogens (tertiary/aromatic N) is 1. The first-order valence-electron chi connectivity index (χ1n) is 4.47. The highest BCUT2D eigenvalue weighted by Crippen LogP contribution is 2.01. The van der Waals surface area contributed by atoms with Crippen molar-refractivity contribution < 1.29 is 9.59 Å². The predicted octanol–water partition coefficient (Wildman–Crippen LogP) is 0.601. The number of hydrogen-bond donors (Lipinski definition) is 1. The van der Waals surface area contributed by atoms with Gasteiger partial charge in [-0.05, 0) is 11.6 Å². The summed E-state index contributed by atoms with van der Waals surface area (Å²) < 4.78 is 0. The Labute approximate surface area is 88.0 Å². The third-order valence-corrected chi connectivity index (χ3v) is 1.82. The molecule has 4 heteroatoms. The van der Waals surface area contributed by atoms with Crippen molar-refractivity contribution >= 4 is 18.4 Å². The molecule has 0 atom stereocenters. The third kappa shape index (κ3) is 3.36. The number of hydrogen-bond acceptors (Lipinski definition) is 3. The minimum atomic E-state index is -0.420. The fraction of sp³-hybridized carbons (Fsp3) is 0.0909. The molecule has 2 N–H and O–H groups in total. The molecule has 0 radical (unpaired) electrons. The highest BCUT2D eigenvalue weighted by molar-refractivity contribution is 5.97. The van der Waals surface area contributed by atoms with Crippen LogP contribution in [0.5, 0.6) is 0 Å². The maximum Gasteiger partial charge on any atom is 0.254 e. The summed E-state index contributed by atoms with van der Waals surface area (Å²) in [5.74, 6) is -0.420. The molecule has 4 nitrogen and oxygen atoms in total. The Hall–Kier alpha value is -1.94. The largest absolute Gasteiger partial charge is 0.313 e. The average molecular weight is 204 g/mol. The van der Waals surface area contributed by atoms with Crippen LogP contribution < -0.4 is 5.73 Å². The lowest BCUT2D eigenvalue weighted by Gasteiger charge is -2.08. The van der Waals surface area contributed by atoms with Crippen molar-refractivity contribution in [2.75, 3.05) is 6.67 Å². The van der Waals surface area contributed by atoms with Crippen LogP contribution >= 0.6 is 0 Å². The summed E-state index contributed by atoms with van der Waals surface area (Å²) in [5.41, 5.74) is 6.09. The summed E-state index contributed by atoms with van der Waals surface area (Å²) in [6.07, 6.45) is 3.36. The fourth-order valence-corrected chi connectivity index (χ4v) is 1.01. The van der Waals surface area contributed by atoms with E-state index in [0.717, 1.165) is 10.5 Å². The number of nitrogens with two attached hydrogens (primary N) is 1. The smallest absolute Gasteiger partial charge is 0.254 e. The van der Waals surface area contributed by atoms with E-state index in [4.69, 9.17) is 5.73 Å². The van der Waals surface area contributed by atoms with E-state index >= 15 is 0 Å². The molecular weight excluding hydrogens is 192 g/mol. The Kier molecular flexibility index (Phi) is 4.25. The van der Waals surface area contributed by atoms with Crippen LogP contribution in [0.2, 0.25) is 0 Å². The van der Waals surface area contributed by atoms with Gasteiger partial charge < -0.3 is 5.73 Å². The van der Waals surface area contributed by atoms with Crippen molar-refractivity contribution in [2.45, 2.75) is 0 Å². The minimum Gasteiger partial charge on any atom is -0.313 e. The highest BCUT2D eigenvalue weighted by Gasteiger charge is 2.05. The van der Waals surface area contributed by atoms with Gasteiger partial charge in [0.15, 0.2) is 0 Å². The summed E-state index contributed by atoms with van der Waals surface area (Å²) in [5, 5.41) is 0. The van der Waals surface area contributed by atoms with Gasteiger partial charge in [0.25, 0.3) is 5.91 Å². The van der Waals surface area contributed by atoms with Crippen molar-refractivity contribution in [3.8, 4) is 0 Å². The predicted molar refractivity (Wildman–Crippen MR) is 57.4 cm³/mol. The molecule has 1 aromatic carbocycles. The van der Waals surface area contributed by atoms with Crippen molar-refractivity contribution in [3.63, 3.8) is 0 Å². The molecule has 1 rings (SSSR count). The van der Waals surface area contributed by atoms with E-state index in [2.05, 4.69) is 0 Å². The van der Waals surface area contributed by atoms with Gasteiger partial charge in [0, 0.05) is 6.08 Å². The monoisotopic (exact) mass is 204 g/mol. The third-order valence-electron chi connectivity index (χ3n) is 1.82. The molecule has 15 heavy (non-hydrogen) atoms. The SMILES string of the molecule is NCN(C=O)C(=O)/C=C/c1ccccc1. The molecule has 0 spiro atoms. The van der Waals surface area contributed by atoms with Crippen LogP contribution in [-0.2, 0) is 9.59 Å². The van der Waals surface area contributed by atoms with Gasteiger partial charge in [-0.25, -0.2) is 0 Å². The maximum atomic E-state index is 11.3. The zero-order valence-electron chi connectivity index (χ0n) is 8.17. The Bertz CT molecular complexity index is 360. The van der Waals surface area contributed by atoms with E-state index in [-0.39, 0.29) is 6.67 Å². The quantitative estimate of drug-likeness (QED) is 0.444. The van der Waals surface area contributed by atoms with Gasteiger partial charge >= 0.3 is 0 Å². The molecule has 2 amide bonds. The molecular formula is C11H12N2O2. The Balaban J connectivity index is 2.66. The second kappa shape index (κ2) is 5.72. The molecule has 0 saturated heterocycles. The van der Waals surface area contributed by atoms with E-state index in [0.29, 0.717) is 6.41 Å². The second-order valence-electron chi connectivity index (χ2n) is 2.84. The Morgan fingerprint density at radius 1 is 1.33 bits per heavy atom. The topological polar surface area (TPSA) is 63.4 Å². The van der Waals surface area contributed by atoms with Crippen LogP contribution in [0.15, 0.2) is 36.4 Å². The van der Waals surface area contributed by atoms with Crippen LogP contribution in [0.25, 0.3) is 6.08 Å². The molecule has 1 aromatic rings. The first kappa shape index (κ1) is 11.1. The van der Waals surface area contributed by atoms with Gasteiger partial charge in [0.1, 0.15) is 0 Å². The van der Waals surface area contributed by atoms with E-state index in [9.17, 15) is 9.59 Å². The summed E-state index contributed by atoms with van der Waals surface area (Å²) in [6, 6.07) is 9.33. The van der Waals surface area contributed by atoms with Crippen molar-refractivity contribution in [3.05, 3.63) is 42.0 Å². The van der Waals surface area contributed by atoms with Crippen LogP contribution in [-0.4, -0.2) is 23.9 Å². The second-order valence-corrected chi connectivity index (χ2v) is 2.84. The molecule has 0 aromatic heterocycles. The van der Waals surface area contributed by atoms with Gasteiger partial charge in [-0.3, -0.25) is 14.5 Å². The summed E-state index contributed by atoms with van der Waals surface area (Å²) in [4.78, 5) is 22.6. The van der Waals surface area contributed by atoms with Gasteiger partial charge in [0.05, 0.1) is 6.67 Å². The van der Waals surface area contributed by atoms with Crippen molar-refractivity contribution in [2.24, 2.45) is 5.73 Å². The number of carbonyl (C=O) groups excluding carboxylic acids is 2. The van der Waals surface area contributed by atoms with Gasteiger partial charge in [0.2, 0.25) is 6.41 Å². The van der Waals surface area contributed by atoms with Crippen LogP contribution in [0.4, 0.5) is 0 Å². The standard InChI is InChI=1S/C11H12N2O2/c12-8-13(9-14)11(15)7-6-10-4-2-1-3-5-10/h1-7,9H,8,12H2/b7-6+. The number of imide groups is 1. The van der Waals surface area contributed by atoms with Crippen molar-refractivity contribution in [1.29, 1.82) is 0 Å². The first-order valence-corrected chi connectivity index (χ1v) is 4.47. The van der Waals surface area contributed by atoms with E-state index < -0.39 is 5.91 Å². The molecule has 0 aliphatic heterocycles. The van der Waals surface area contributed by atoms with Gasteiger partial charge in [-0.1, -0.05) is 30.3 Å². The number of rotatable bonds is 4. The first-order chi connectivity index (χ1) is 7.27. The lowest BCUT2D eigenvalue weighted by molar-refractivity contribution is -0.134. The summed E-state index contributed by atoms with van der Waals surface area (Å²) in [6.45, 7) is -0.110. The molecule has 0 saturated carbocycles. The van der Waals surface area contributed by atoms with E-state index in [1.165, 1.54) is 6.08 Å². The van der Waals surface area contributed by atoms with E-state index in [1.54, 1.807) is 6.08 Å². The number of benzene rings is 1. The van der Waals surface area contributed by atoms with Gasteiger partial charge in [-0.15, -0.1) is 0 Å². The molecule has 0 unspecified atom stereocenters. The van der Waals surface area contributed by atoms with Crippen LogP contribution in [0.1, 0.15) is 5.56 Å². The maximum absolute atomic E-state index is 11.3. The summed E-state index contributed by atoms with van der Waals surface area (Å²) in [7, 11) is 0. The van der Waals surface area contributed by atoms with E-state index in [1.807, 2.05) is 30.3 Å². The molecule has 0 heterocycles. The average Bonchev–Trinajstić information content (AvgIpc) is 2.29. The number of amides is 2. The minimum absolute atomic E-state index is 0.110. The van der Waals surface area contributed by atoms with Gasteiger partial charge in [-0.2, -0.15) is 0 Å². The van der Waals surface area contributed by atoms with Crippen molar-refractivity contribution in [1.82, 2.24) is 4.90 Å². The molecule has 0 aliphatic rings. The summed E-state index contributed by atoms with van der Waals surface area (Å²) >= 11 is 0. The van der Waals surface area contributed by atoms with Crippen LogP contribution in [0, 0.1) is 0 Å². The molecule has 0 fully saturated rings. The fourth-order valence-electron chi connectivity index (χ4n) is 1.01. The molecule has 78 valence electrons. The Morgan fingerprint density at radius 2 is 2.00 bits per heavy atom. The zero-order valence-corrected chi connectivity index (χ0v) is 8.17. The lowest BCUT2D eigenvalue weighted by Crippen LogP contribution is -2.33. The molecule has 0 bridgehead atoms. The zero-order chi connectivity index (χ0) is 11.1. The Morgan fingerprint density at radius 3 is 2.53 bits per heavy atom. The van der Waals surface area contributed by atoms with Crippen LogP contribution in [0.3, 0.4) is 0 Å². The highest BCUT2D eigenvalue weighted by atomic mass is 16.2. The molecule has 0 aliphatic carbocycles. The number of carbonyl (C=O) groups is 2.